The summed E-state index contributed by atoms with van der Waals surface area (Å²) in [7, 11) is 0. The van der Waals surface area contributed by atoms with Crippen LogP contribution in [-0.4, -0.2) is 0 Å². The van der Waals surface area contributed by atoms with E-state index < -0.39 is 0 Å². The van der Waals surface area contributed by atoms with E-state index in [-0.39, 0.29) is 0 Å². The average molecular weight is 394 g/mol. The zero-order chi connectivity index (χ0) is 21.3. The van der Waals surface area contributed by atoms with Gasteiger partial charge in [-0.3, -0.25) is 0 Å². The van der Waals surface area contributed by atoms with Crippen LogP contribution in [0.2, 0.25) is 0 Å². The van der Waals surface area contributed by atoms with Crippen molar-refractivity contribution in [1.82, 2.24) is 0 Å². The fourth-order valence-electron chi connectivity index (χ4n) is 4.43. The second kappa shape index (κ2) is 8.64. The van der Waals surface area contributed by atoms with Crippen LogP contribution in [0.15, 0.2) is 60.7 Å². The summed E-state index contributed by atoms with van der Waals surface area (Å²) < 4.78 is 0. The number of hydrogen-bond donors (Lipinski definition) is 0. The van der Waals surface area contributed by atoms with E-state index in [0.717, 1.165) is 12.8 Å². The minimum atomic E-state index is 0.524. The first-order valence-corrected chi connectivity index (χ1v) is 11.4. The highest BCUT2D eigenvalue weighted by Crippen LogP contribution is 2.42. The number of aryl methyl sites for hydroxylation is 1. The molecule has 0 aromatic heterocycles. The van der Waals surface area contributed by atoms with Crippen LogP contribution in [0.4, 0.5) is 0 Å². The van der Waals surface area contributed by atoms with Gasteiger partial charge in [-0.1, -0.05) is 102 Å². The Morgan fingerprint density at radius 3 is 2.00 bits per heavy atom. The molecule has 0 nitrogen and oxygen atoms in total. The van der Waals surface area contributed by atoms with Gasteiger partial charge in [0.25, 0.3) is 0 Å². The normalized spacial score (nSPS) is 13.1. The molecule has 0 amide bonds. The van der Waals surface area contributed by atoms with Gasteiger partial charge in [-0.25, -0.2) is 0 Å². The summed E-state index contributed by atoms with van der Waals surface area (Å²) in [5, 5.41) is 0. The number of hydrogen-bond acceptors (Lipinski definition) is 0. The minimum Gasteiger partial charge on any atom is -0.0651 e. The third-order valence-electron chi connectivity index (χ3n) is 6.20. The molecule has 0 saturated heterocycles. The highest BCUT2D eigenvalue weighted by Gasteiger charge is 2.21. The Bertz CT molecular complexity index is 1040. The van der Waals surface area contributed by atoms with Gasteiger partial charge in [0.2, 0.25) is 0 Å². The maximum absolute atomic E-state index is 2.43. The Morgan fingerprint density at radius 2 is 1.40 bits per heavy atom. The van der Waals surface area contributed by atoms with Gasteiger partial charge in [0.15, 0.2) is 0 Å². The smallest absolute Gasteiger partial charge is 0.0211 e. The Kier molecular flexibility index (Phi) is 5.95. The summed E-state index contributed by atoms with van der Waals surface area (Å²) in [4.78, 5) is 0. The molecule has 30 heavy (non-hydrogen) atoms. The van der Waals surface area contributed by atoms with Crippen molar-refractivity contribution in [2.24, 2.45) is 0 Å². The van der Waals surface area contributed by atoms with Crippen molar-refractivity contribution in [3.05, 3.63) is 100 Å². The van der Waals surface area contributed by atoms with E-state index in [9.17, 15) is 0 Å². The van der Waals surface area contributed by atoms with Crippen LogP contribution >= 0.6 is 0 Å². The number of allylic oxidation sites excluding steroid dienone is 1. The monoisotopic (exact) mass is 393 g/mol. The van der Waals surface area contributed by atoms with E-state index in [2.05, 4.69) is 108 Å². The molecule has 0 saturated carbocycles. The molecule has 1 aliphatic carbocycles. The molecule has 3 aromatic carbocycles. The Hall–Kier alpha value is -2.60. The first-order valence-electron chi connectivity index (χ1n) is 11.4. The first kappa shape index (κ1) is 20.7. The van der Waals surface area contributed by atoms with Gasteiger partial charge in [0.1, 0.15) is 0 Å². The number of fused-ring (bicyclic) bond motifs is 1. The second-order valence-electron chi connectivity index (χ2n) is 9.16. The third kappa shape index (κ3) is 4.01. The summed E-state index contributed by atoms with van der Waals surface area (Å²) in [6.07, 6.45) is 7.02. The molecular weight excluding hydrogens is 360 g/mol. The van der Waals surface area contributed by atoms with Crippen molar-refractivity contribution in [3.63, 3.8) is 0 Å². The summed E-state index contributed by atoms with van der Waals surface area (Å²) in [6, 6.07) is 22.7. The zero-order valence-corrected chi connectivity index (χ0v) is 19.0. The van der Waals surface area contributed by atoms with Crippen LogP contribution in [-0.2, 0) is 6.42 Å². The van der Waals surface area contributed by atoms with Gasteiger partial charge < -0.3 is 0 Å². The van der Waals surface area contributed by atoms with E-state index in [0.29, 0.717) is 11.8 Å². The summed E-state index contributed by atoms with van der Waals surface area (Å²) in [5.74, 6) is 1.05. The van der Waals surface area contributed by atoms with E-state index in [4.69, 9.17) is 0 Å². The lowest BCUT2D eigenvalue weighted by Crippen LogP contribution is -1.99. The maximum Gasteiger partial charge on any atom is 0.0211 e. The van der Waals surface area contributed by atoms with Crippen LogP contribution < -0.4 is 0 Å². The van der Waals surface area contributed by atoms with Crippen LogP contribution in [0, 0.1) is 6.42 Å². The summed E-state index contributed by atoms with van der Waals surface area (Å²) in [5.41, 5.74) is 12.5. The summed E-state index contributed by atoms with van der Waals surface area (Å²) in [6.45, 7) is 11.5. The molecule has 1 radical (unpaired) electrons. The Morgan fingerprint density at radius 1 is 0.733 bits per heavy atom. The Balaban J connectivity index is 1.93. The van der Waals surface area contributed by atoms with Gasteiger partial charge in [-0.05, 0) is 74.4 Å². The fraction of sp³-hybridized carbons (Fsp3) is 0.300. The molecule has 0 unspecified atom stereocenters. The van der Waals surface area contributed by atoms with E-state index in [1.165, 1.54) is 50.1 Å². The minimum absolute atomic E-state index is 0.524. The van der Waals surface area contributed by atoms with Crippen molar-refractivity contribution in [2.75, 3.05) is 0 Å². The standard InChI is InChI=1S/C30H33/c1-6-10-23-13-14-24-15-27(22-11-8-7-9-12-22)19-29(24)30(23)28-17-25(20(2)3)16-26(18-28)21(4)5/h7-9,11-21H,6,10H2,1-5H3. The van der Waals surface area contributed by atoms with Gasteiger partial charge in [-0.15, -0.1) is 0 Å². The second-order valence-corrected chi connectivity index (χ2v) is 9.16. The van der Waals surface area contributed by atoms with Crippen molar-refractivity contribution in [1.29, 1.82) is 0 Å². The van der Waals surface area contributed by atoms with E-state index >= 15 is 0 Å². The molecule has 0 fully saturated rings. The molecule has 0 atom stereocenters. The highest BCUT2D eigenvalue weighted by atomic mass is 14.3. The van der Waals surface area contributed by atoms with Gasteiger partial charge in [0.05, 0.1) is 0 Å². The van der Waals surface area contributed by atoms with Gasteiger partial charge in [-0.2, -0.15) is 0 Å². The lowest BCUT2D eigenvalue weighted by Gasteiger charge is -2.19. The highest BCUT2D eigenvalue weighted by molar-refractivity contribution is 5.99. The topological polar surface area (TPSA) is 0 Å². The SMILES string of the molecule is CCCc1ccc2c(c1-c1cc(C(C)C)cc(C(C)C)c1)C=C(c1ccccc1)[CH]2. The van der Waals surface area contributed by atoms with Crippen LogP contribution in [0.1, 0.15) is 86.3 Å². The van der Waals surface area contributed by atoms with E-state index in [1.54, 1.807) is 0 Å². The molecular formula is C30H33. The molecule has 153 valence electrons. The predicted octanol–water partition coefficient (Wildman–Crippen LogP) is 8.66. The average Bonchev–Trinajstić information content (AvgIpc) is 3.18. The maximum atomic E-state index is 2.43. The predicted molar refractivity (Wildman–Crippen MR) is 132 cm³/mol. The van der Waals surface area contributed by atoms with Crippen molar-refractivity contribution >= 4 is 11.6 Å². The molecule has 4 rings (SSSR count). The van der Waals surface area contributed by atoms with E-state index in [1.807, 2.05) is 0 Å². The lowest BCUT2D eigenvalue weighted by molar-refractivity contribution is 0.834. The summed E-state index contributed by atoms with van der Waals surface area (Å²) >= 11 is 0. The molecule has 0 heteroatoms. The Labute approximate surface area is 182 Å². The van der Waals surface area contributed by atoms with Gasteiger partial charge in [0, 0.05) is 6.42 Å². The lowest BCUT2D eigenvalue weighted by atomic mass is 9.86. The number of benzene rings is 3. The molecule has 0 heterocycles. The zero-order valence-electron chi connectivity index (χ0n) is 19.0. The molecule has 3 aromatic rings. The molecule has 0 aliphatic heterocycles. The number of rotatable bonds is 6. The third-order valence-corrected chi connectivity index (χ3v) is 6.20. The van der Waals surface area contributed by atoms with Crippen molar-refractivity contribution < 1.29 is 0 Å². The molecule has 0 bridgehead atoms. The fourth-order valence-corrected chi connectivity index (χ4v) is 4.43. The quantitative estimate of drug-likeness (QED) is 0.393. The molecule has 0 N–H and O–H groups in total. The molecule has 1 aliphatic rings. The molecule has 0 spiro atoms. The first-order chi connectivity index (χ1) is 14.5. The van der Waals surface area contributed by atoms with Gasteiger partial charge >= 0.3 is 0 Å². The van der Waals surface area contributed by atoms with Crippen LogP contribution in [0.25, 0.3) is 22.8 Å². The van der Waals surface area contributed by atoms with Crippen molar-refractivity contribution in [2.45, 2.75) is 59.3 Å². The van der Waals surface area contributed by atoms with Crippen LogP contribution in [0.5, 0.6) is 0 Å². The largest absolute Gasteiger partial charge is 0.0651 e. The van der Waals surface area contributed by atoms with Crippen molar-refractivity contribution in [3.8, 4) is 11.1 Å². The van der Waals surface area contributed by atoms with Crippen LogP contribution in [0.3, 0.4) is 0 Å².